The van der Waals surface area contributed by atoms with E-state index in [2.05, 4.69) is 5.32 Å². The summed E-state index contributed by atoms with van der Waals surface area (Å²) in [5, 5.41) is 2.66. The van der Waals surface area contributed by atoms with Crippen molar-refractivity contribution in [2.24, 2.45) is 5.41 Å². The normalized spacial score (nSPS) is 18.2. The number of carbonyl (C=O) groups excluding carboxylic acids is 2. The van der Waals surface area contributed by atoms with Crippen LogP contribution in [-0.4, -0.2) is 37.9 Å². The van der Waals surface area contributed by atoms with Crippen LogP contribution in [0, 0.1) is 5.41 Å². The maximum absolute atomic E-state index is 11.8. The van der Waals surface area contributed by atoms with Crippen molar-refractivity contribution in [1.29, 1.82) is 0 Å². The molecule has 0 aromatic rings. The molecule has 1 N–H and O–H groups in total. The Hall–Kier alpha value is -1.06. The molecule has 4 nitrogen and oxygen atoms in total. The number of amides is 2. The topological polar surface area (TPSA) is 49.4 Å². The summed E-state index contributed by atoms with van der Waals surface area (Å²) in [6, 6.07) is 0. The number of carbonyl (C=O) groups is 2. The van der Waals surface area contributed by atoms with Crippen LogP contribution < -0.4 is 5.32 Å². The van der Waals surface area contributed by atoms with Gasteiger partial charge in [-0.1, -0.05) is 12.8 Å². The molecule has 1 aliphatic carbocycles. The van der Waals surface area contributed by atoms with Crippen LogP contribution in [0.5, 0.6) is 0 Å². The first-order valence-corrected chi connectivity index (χ1v) is 5.90. The quantitative estimate of drug-likeness (QED) is 0.782. The van der Waals surface area contributed by atoms with Gasteiger partial charge < -0.3 is 10.2 Å². The minimum atomic E-state index is -0.0819. The minimum Gasteiger partial charge on any atom is -0.359 e. The van der Waals surface area contributed by atoms with Crippen LogP contribution in [0.2, 0.25) is 0 Å². The molecule has 1 rings (SSSR count). The van der Waals surface area contributed by atoms with E-state index in [0.717, 1.165) is 25.7 Å². The highest BCUT2D eigenvalue weighted by molar-refractivity contribution is 5.80. The van der Waals surface area contributed by atoms with E-state index in [4.69, 9.17) is 0 Å². The van der Waals surface area contributed by atoms with Gasteiger partial charge in [0.15, 0.2) is 0 Å². The largest absolute Gasteiger partial charge is 0.359 e. The van der Waals surface area contributed by atoms with E-state index in [1.54, 1.807) is 26.0 Å². The second-order valence-corrected chi connectivity index (χ2v) is 5.02. The van der Waals surface area contributed by atoms with Crippen LogP contribution in [0.25, 0.3) is 0 Å². The highest BCUT2D eigenvalue weighted by atomic mass is 16.2. The maximum Gasteiger partial charge on any atom is 0.222 e. The summed E-state index contributed by atoms with van der Waals surface area (Å²) in [5.41, 5.74) is -0.0819. The molecule has 4 heteroatoms. The molecule has 0 radical (unpaired) electrons. The summed E-state index contributed by atoms with van der Waals surface area (Å²) < 4.78 is 0. The summed E-state index contributed by atoms with van der Waals surface area (Å²) in [5.74, 6) is 0.180. The van der Waals surface area contributed by atoms with Gasteiger partial charge in [-0.3, -0.25) is 9.59 Å². The fraction of sp³-hybridized carbons (Fsp3) is 0.833. The van der Waals surface area contributed by atoms with Crippen molar-refractivity contribution in [1.82, 2.24) is 10.2 Å². The molecule has 2 amide bonds. The highest BCUT2D eigenvalue weighted by Crippen LogP contribution is 2.44. The SMILES string of the molecule is CNC(=O)CC1(CC(=O)N(C)C)CCCC1. The monoisotopic (exact) mass is 226 g/mol. The van der Waals surface area contributed by atoms with E-state index >= 15 is 0 Å². The van der Waals surface area contributed by atoms with Crippen molar-refractivity contribution in [3.05, 3.63) is 0 Å². The lowest BCUT2D eigenvalue weighted by molar-refractivity contribution is -0.132. The Labute approximate surface area is 97.4 Å². The van der Waals surface area contributed by atoms with Gasteiger partial charge in [0, 0.05) is 34.0 Å². The predicted octanol–water partition coefficient (Wildman–Crippen LogP) is 1.16. The first kappa shape index (κ1) is 13.0. The Bertz CT molecular complexity index is 268. The molecule has 0 aromatic carbocycles. The zero-order valence-electron chi connectivity index (χ0n) is 10.5. The first-order valence-electron chi connectivity index (χ1n) is 5.90. The van der Waals surface area contributed by atoms with E-state index in [1.807, 2.05) is 0 Å². The zero-order chi connectivity index (χ0) is 12.2. The van der Waals surface area contributed by atoms with Crippen molar-refractivity contribution < 1.29 is 9.59 Å². The summed E-state index contributed by atoms with van der Waals surface area (Å²) in [4.78, 5) is 24.9. The van der Waals surface area contributed by atoms with Crippen LogP contribution in [0.3, 0.4) is 0 Å². The van der Waals surface area contributed by atoms with Gasteiger partial charge in [-0.05, 0) is 18.3 Å². The summed E-state index contributed by atoms with van der Waals surface area (Å²) >= 11 is 0. The molecule has 0 unspecified atom stereocenters. The third-order valence-electron chi connectivity index (χ3n) is 3.50. The van der Waals surface area contributed by atoms with E-state index in [0.29, 0.717) is 12.8 Å². The molecule has 0 spiro atoms. The summed E-state index contributed by atoms with van der Waals surface area (Å²) in [7, 11) is 5.19. The molecule has 0 atom stereocenters. The molecule has 0 saturated heterocycles. The summed E-state index contributed by atoms with van der Waals surface area (Å²) in [6.45, 7) is 0. The second-order valence-electron chi connectivity index (χ2n) is 5.02. The number of rotatable bonds is 4. The standard InChI is InChI=1S/C12H22N2O2/c1-13-10(15)8-12(6-4-5-7-12)9-11(16)14(2)3/h4-9H2,1-3H3,(H,13,15). The Morgan fingerprint density at radius 2 is 1.75 bits per heavy atom. The first-order chi connectivity index (χ1) is 7.49. The number of hydrogen-bond donors (Lipinski definition) is 1. The Kier molecular flexibility index (Phi) is 4.33. The van der Waals surface area contributed by atoms with Crippen molar-refractivity contribution in [3.8, 4) is 0 Å². The predicted molar refractivity (Wildman–Crippen MR) is 62.9 cm³/mol. The molecule has 0 bridgehead atoms. The van der Waals surface area contributed by atoms with Crippen LogP contribution in [0.1, 0.15) is 38.5 Å². The maximum atomic E-state index is 11.8. The molecule has 0 aromatic heterocycles. The van der Waals surface area contributed by atoms with Crippen molar-refractivity contribution >= 4 is 11.8 Å². The van der Waals surface area contributed by atoms with E-state index < -0.39 is 0 Å². The van der Waals surface area contributed by atoms with E-state index in [9.17, 15) is 9.59 Å². The highest BCUT2D eigenvalue weighted by Gasteiger charge is 2.37. The van der Waals surface area contributed by atoms with Crippen LogP contribution in [0.15, 0.2) is 0 Å². The molecule has 0 aliphatic heterocycles. The van der Waals surface area contributed by atoms with Crippen LogP contribution in [-0.2, 0) is 9.59 Å². The smallest absolute Gasteiger partial charge is 0.222 e. The summed E-state index contributed by atoms with van der Waals surface area (Å²) in [6.07, 6.45) is 5.27. The van der Waals surface area contributed by atoms with E-state index in [-0.39, 0.29) is 17.2 Å². The van der Waals surface area contributed by atoms with Crippen LogP contribution >= 0.6 is 0 Å². The molecule has 92 valence electrons. The minimum absolute atomic E-state index is 0.0495. The van der Waals surface area contributed by atoms with Gasteiger partial charge in [-0.25, -0.2) is 0 Å². The number of nitrogens with zero attached hydrogens (tertiary/aromatic N) is 1. The van der Waals surface area contributed by atoms with Gasteiger partial charge >= 0.3 is 0 Å². The van der Waals surface area contributed by atoms with Gasteiger partial charge in [-0.2, -0.15) is 0 Å². The fourth-order valence-electron chi connectivity index (χ4n) is 2.45. The van der Waals surface area contributed by atoms with Gasteiger partial charge in [-0.15, -0.1) is 0 Å². The lowest BCUT2D eigenvalue weighted by atomic mass is 9.79. The Morgan fingerprint density at radius 3 is 2.19 bits per heavy atom. The lowest BCUT2D eigenvalue weighted by Crippen LogP contribution is -2.33. The van der Waals surface area contributed by atoms with Crippen molar-refractivity contribution in [2.45, 2.75) is 38.5 Å². The van der Waals surface area contributed by atoms with Crippen molar-refractivity contribution in [3.63, 3.8) is 0 Å². The fourth-order valence-corrected chi connectivity index (χ4v) is 2.45. The molecule has 1 aliphatic rings. The van der Waals surface area contributed by atoms with Gasteiger partial charge in [0.25, 0.3) is 0 Å². The average molecular weight is 226 g/mol. The molecule has 16 heavy (non-hydrogen) atoms. The number of nitrogens with one attached hydrogen (secondary N) is 1. The molecule has 1 fully saturated rings. The third-order valence-corrected chi connectivity index (χ3v) is 3.50. The molecular weight excluding hydrogens is 204 g/mol. The third kappa shape index (κ3) is 3.22. The lowest BCUT2D eigenvalue weighted by Gasteiger charge is -2.28. The van der Waals surface area contributed by atoms with Gasteiger partial charge in [0.2, 0.25) is 11.8 Å². The van der Waals surface area contributed by atoms with Crippen molar-refractivity contribution in [2.75, 3.05) is 21.1 Å². The van der Waals surface area contributed by atoms with Gasteiger partial charge in [0.1, 0.15) is 0 Å². The molecule has 0 heterocycles. The Balaban J connectivity index is 2.65. The second kappa shape index (κ2) is 5.32. The van der Waals surface area contributed by atoms with Gasteiger partial charge in [0.05, 0.1) is 0 Å². The Morgan fingerprint density at radius 1 is 1.19 bits per heavy atom. The zero-order valence-corrected chi connectivity index (χ0v) is 10.5. The molecule has 1 saturated carbocycles. The average Bonchev–Trinajstić information content (AvgIpc) is 2.66. The molecular formula is C12H22N2O2. The van der Waals surface area contributed by atoms with E-state index in [1.165, 1.54) is 0 Å². The number of hydrogen-bond acceptors (Lipinski definition) is 2. The van der Waals surface area contributed by atoms with Crippen LogP contribution in [0.4, 0.5) is 0 Å².